The van der Waals surface area contributed by atoms with E-state index in [1.807, 2.05) is 6.92 Å². The third kappa shape index (κ3) is 1.27. The molecule has 2 rings (SSSR count). The topological polar surface area (TPSA) is 47.9 Å². The molecule has 4 heteroatoms. The van der Waals surface area contributed by atoms with Gasteiger partial charge in [0.15, 0.2) is 6.29 Å². The number of fused-ring (bicyclic) bond motifs is 1. The first-order chi connectivity index (χ1) is 5.27. The monoisotopic (exact) mass is 160 g/mol. The van der Waals surface area contributed by atoms with Gasteiger partial charge in [-0.15, -0.1) is 0 Å². The minimum absolute atomic E-state index is 0.0683. The summed E-state index contributed by atoms with van der Waals surface area (Å²) in [5, 5.41) is 9.34. The van der Waals surface area contributed by atoms with Crippen molar-refractivity contribution >= 4 is 0 Å². The number of hydrogen-bond acceptors (Lipinski definition) is 4. The fourth-order valence-corrected chi connectivity index (χ4v) is 1.47. The SMILES string of the molecule is CC1OC[C@H]2OC[C@H](O)[C@H]2O1. The first-order valence-corrected chi connectivity index (χ1v) is 3.84. The van der Waals surface area contributed by atoms with Crippen molar-refractivity contribution in [2.24, 2.45) is 0 Å². The van der Waals surface area contributed by atoms with Crippen molar-refractivity contribution in [3.05, 3.63) is 0 Å². The maximum atomic E-state index is 9.34. The molecule has 0 radical (unpaired) electrons. The molecule has 64 valence electrons. The smallest absolute Gasteiger partial charge is 0.155 e. The molecule has 2 saturated heterocycles. The lowest BCUT2D eigenvalue weighted by molar-refractivity contribution is -0.239. The summed E-state index contributed by atoms with van der Waals surface area (Å²) in [6.07, 6.45) is -0.945. The molecule has 2 heterocycles. The summed E-state index contributed by atoms with van der Waals surface area (Å²) in [6.45, 7) is 2.72. The molecule has 0 aromatic rings. The van der Waals surface area contributed by atoms with Gasteiger partial charge in [0.25, 0.3) is 0 Å². The lowest BCUT2D eigenvalue weighted by atomic mass is 10.1. The molecule has 1 unspecified atom stereocenters. The lowest BCUT2D eigenvalue weighted by Gasteiger charge is -2.30. The lowest BCUT2D eigenvalue weighted by Crippen LogP contribution is -2.44. The van der Waals surface area contributed by atoms with Gasteiger partial charge in [-0.05, 0) is 6.92 Å². The summed E-state index contributed by atoms with van der Waals surface area (Å²) in [7, 11) is 0. The Labute approximate surface area is 65.1 Å². The Balaban J connectivity index is 2.01. The largest absolute Gasteiger partial charge is 0.388 e. The first kappa shape index (κ1) is 7.49. The van der Waals surface area contributed by atoms with Crippen LogP contribution in [-0.4, -0.2) is 42.9 Å². The molecule has 11 heavy (non-hydrogen) atoms. The highest BCUT2D eigenvalue weighted by Gasteiger charge is 2.41. The third-order valence-electron chi connectivity index (χ3n) is 2.07. The Kier molecular flexibility index (Phi) is 1.85. The van der Waals surface area contributed by atoms with E-state index in [9.17, 15) is 5.11 Å². The fourth-order valence-electron chi connectivity index (χ4n) is 1.47. The maximum absolute atomic E-state index is 9.34. The summed E-state index contributed by atoms with van der Waals surface area (Å²) in [5.74, 6) is 0. The van der Waals surface area contributed by atoms with Crippen LogP contribution in [0.4, 0.5) is 0 Å². The zero-order valence-electron chi connectivity index (χ0n) is 6.40. The van der Waals surface area contributed by atoms with Gasteiger partial charge in [-0.2, -0.15) is 0 Å². The summed E-state index contributed by atoms with van der Waals surface area (Å²) >= 11 is 0. The van der Waals surface area contributed by atoms with Crippen molar-refractivity contribution in [3.63, 3.8) is 0 Å². The number of aliphatic hydroxyl groups is 1. The molecule has 0 amide bonds. The van der Waals surface area contributed by atoms with E-state index >= 15 is 0 Å². The maximum Gasteiger partial charge on any atom is 0.155 e. The average molecular weight is 160 g/mol. The molecule has 2 aliphatic rings. The van der Waals surface area contributed by atoms with Gasteiger partial charge in [0.05, 0.1) is 13.2 Å². The van der Waals surface area contributed by atoms with Crippen molar-refractivity contribution in [2.75, 3.05) is 13.2 Å². The summed E-state index contributed by atoms with van der Waals surface area (Å²) < 4.78 is 15.7. The second-order valence-corrected chi connectivity index (χ2v) is 2.94. The Morgan fingerprint density at radius 1 is 1.27 bits per heavy atom. The molecule has 1 N–H and O–H groups in total. The number of rotatable bonds is 0. The van der Waals surface area contributed by atoms with Crippen LogP contribution in [0.25, 0.3) is 0 Å². The summed E-state index contributed by atoms with van der Waals surface area (Å²) in [5.41, 5.74) is 0. The normalized spacial score (nSPS) is 50.7. The van der Waals surface area contributed by atoms with Crippen molar-refractivity contribution in [3.8, 4) is 0 Å². The minimum Gasteiger partial charge on any atom is -0.388 e. The second-order valence-electron chi connectivity index (χ2n) is 2.94. The average Bonchev–Trinajstić information content (AvgIpc) is 2.33. The Morgan fingerprint density at radius 2 is 2.09 bits per heavy atom. The van der Waals surface area contributed by atoms with Crippen LogP contribution in [0.1, 0.15) is 6.92 Å². The highest BCUT2D eigenvalue weighted by Crippen LogP contribution is 2.24. The van der Waals surface area contributed by atoms with E-state index in [1.165, 1.54) is 0 Å². The third-order valence-corrected chi connectivity index (χ3v) is 2.07. The van der Waals surface area contributed by atoms with Crippen LogP contribution < -0.4 is 0 Å². The molecule has 0 saturated carbocycles. The van der Waals surface area contributed by atoms with E-state index in [1.54, 1.807) is 0 Å². The molecule has 0 aliphatic carbocycles. The number of hydrogen-bond donors (Lipinski definition) is 1. The predicted octanol–water partition coefficient (Wildman–Crippen LogP) is -0.493. The van der Waals surface area contributed by atoms with Gasteiger partial charge in [-0.25, -0.2) is 0 Å². The summed E-state index contributed by atoms with van der Waals surface area (Å²) in [6, 6.07) is 0. The van der Waals surface area contributed by atoms with Crippen LogP contribution in [0.5, 0.6) is 0 Å². The quantitative estimate of drug-likeness (QED) is 0.519. The highest BCUT2D eigenvalue weighted by molar-refractivity contribution is 4.86. The molecular formula is C7H12O4. The standard InChI is InChI=1S/C7H12O4/c1-4-9-3-6-7(11-4)5(8)2-10-6/h4-8H,2-3H2,1H3/t4?,5-,6+,7+/m0/s1. The Bertz CT molecular complexity index is 149. The van der Waals surface area contributed by atoms with E-state index in [-0.39, 0.29) is 18.5 Å². The Hall–Kier alpha value is -0.160. The van der Waals surface area contributed by atoms with E-state index in [4.69, 9.17) is 14.2 Å². The number of aliphatic hydroxyl groups excluding tert-OH is 1. The molecule has 0 aromatic carbocycles. The van der Waals surface area contributed by atoms with Crippen molar-refractivity contribution < 1.29 is 19.3 Å². The van der Waals surface area contributed by atoms with Gasteiger partial charge in [0.2, 0.25) is 0 Å². The fraction of sp³-hybridized carbons (Fsp3) is 1.00. The first-order valence-electron chi connectivity index (χ1n) is 3.84. The van der Waals surface area contributed by atoms with Crippen LogP contribution in [0.3, 0.4) is 0 Å². The molecular weight excluding hydrogens is 148 g/mol. The molecule has 0 aromatic heterocycles. The zero-order valence-corrected chi connectivity index (χ0v) is 6.40. The minimum atomic E-state index is -0.480. The van der Waals surface area contributed by atoms with Gasteiger partial charge in [-0.1, -0.05) is 0 Å². The van der Waals surface area contributed by atoms with Crippen LogP contribution in [-0.2, 0) is 14.2 Å². The molecule has 4 atom stereocenters. The van der Waals surface area contributed by atoms with Crippen LogP contribution >= 0.6 is 0 Å². The van der Waals surface area contributed by atoms with E-state index in [0.29, 0.717) is 13.2 Å². The second kappa shape index (κ2) is 2.71. The Morgan fingerprint density at radius 3 is 2.91 bits per heavy atom. The molecule has 0 spiro atoms. The van der Waals surface area contributed by atoms with Crippen molar-refractivity contribution in [1.29, 1.82) is 0 Å². The van der Waals surface area contributed by atoms with Gasteiger partial charge in [-0.3, -0.25) is 0 Å². The van der Waals surface area contributed by atoms with Gasteiger partial charge >= 0.3 is 0 Å². The molecule has 2 fully saturated rings. The van der Waals surface area contributed by atoms with Gasteiger partial charge in [0.1, 0.15) is 18.3 Å². The molecule has 4 nitrogen and oxygen atoms in total. The van der Waals surface area contributed by atoms with E-state index < -0.39 is 6.10 Å². The van der Waals surface area contributed by atoms with Crippen LogP contribution in [0.2, 0.25) is 0 Å². The van der Waals surface area contributed by atoms with Crippen molar-refractivity contribution in [1.82, 2.24) is 0 Å². The zero-order chi connectivity index (χ0) is 7.84. The molecule has 0 bridgehead atoms. The molecule has 2 aliphatic heterocycles. The highest BCUT2D eigenvalue weighted by atomic mass is 16.7. The van der Waals surface area contributed by atoms with Gasteiger partial charge in [0, 0.05) is 0 Å². The number of ether oxygens (including phenoxy) is 3. The van der Waals surface area contributed by atoms with Crippen LogP contribution in [0, 0.1) is 0 Å². The van der Waals surface area contributed by atoms with E-state index in [0.717, 1.165) is 0 Å². The van der Waals surface area contributed by atoms with Crippen molar-refractivity contribution in [2.45, 2.75) is 31.5 Å². The van der Waals surface area contributed by atoms with E-state index in [2.05, 4.69) is 0 Å². The summed E-state index contributed by atoms with van der Waals surface area (Å²) in [4.78, 5) is 0. The van der Waals surface area contributed by atoms with Gasteiger partial charge < -0.3 is 19.3 Å². The predicted molar refractivity (Wildman–Crippen MR) is 36.0 cm³/mol. The van der Waals surface area contributed by atoms with Crippen LogP contribution in [0.15, 0.2) is 0 Å².